The van der Waals surface area contributed by atoms with Gasteiger partial charge in [0.25, 0.3) is 0 Å². The molecule has 0 spiro atoms. The lowest BCUT2D eigenvalue weighted by molar-refractivity contribution is 1.13. The minimum absolute atomic E-state index is 0.830. The van der Waals surface area contributed by atoms with Gasteiger partial charge in [-0.15, -0.1) is 0 Å². The highest BCUT2D eigenvalue weighted by molar-refractivity contribution is 9.11. The third kappa shape index (κ3) is 3.15. The van der Waals surface area contributed by atoms with Crippen molar-refractivity contribution in [1.82, 2.24) is 0 Å². The molecular formula is C15H15Br2N. The van der Waals surface area contributed by atoms with E-state index in [4.69, 9.17) is 0 Å². The molecule has 0 heterocycles. The third-order valence-electron chi connectivity index (χ3n) is 2.90. The van der Waals surface area contributed by atoms with Crippen LogP contribution in [0.15, 0.2) is 45.3 Å². The van der Waals surface area contributed by atoms with Crippen molar-refractivity contribution in [3.63, 3.8) is 0 Å². The standard InChI is InChI=1S/C15H15Br2N/c1-10-4-3-5-14(15(10)17)18-9-12-6-7-13(16)11(2)8-12/h3-8,18H,9H2,1-2H3. The molecule has 18 heavy (non-hydrogen) atoms. The number of halogens is 2. The lowest BCUT2D eigenvalue weighted by atomic mass is 10.1. The van der Waals surface area contributed by atoms with E-state index in [0.717, 1.165) is 21.2 Å². The zero-order valence-electron chi connectivity index (χ0n) is 10.4. The molecule has 0 aliphatic heterocycles. The van der Waals surface area contributed by atoms with E-state index in [-0.39, 0.29) is 0 Å². The summed E-state index contributed by atoms with van der Waals surface area (Å²) in [5.41, 5.74) is 4.92. The molecule has 2 rings (SSSR count). The largest absolute Gasteiger partial charge is 0.380 e. The lowest BCUT2D eigenvalue weighted by Crippen LogP contribution is -2.01. The lowest BCUT2D eigenvalue weighted by Gasteiger charge is -2.11. The molecule has 0 aromatic heterocycles. The van der Waals surface area contributed by atoms with Crippen molar-refractivity contribution >= 4 is 37.5 Å². The van der Waals surface area contributed by atoms with Crippen LogP contribution >= 0.6 is 31.9 Å². The van der Waals surface area contributed by atoms with Gasteiger partial charge in [0, 0.05) is 21.2 Å². The molecule has 2 aromatic rings. The van der Waals surface area contributed by atoms with E-state index in [1.54, 1.807) is 0 Å². The Bertz CT molecular complexity index is 564. The molecule has 0 saturated heterocycles. The molecule has 0 fully saturated rings. The summed E-state index contributed by atoms with van der Waals surface area (Å²) in [4.78, 5) is 0. The normalized spacial score (nSPS) is 10.4. The van der Waals surface area contributed by atoms with Gasteiger partial charge in [-0.25, -0.2) is 0 Å². The van der Waals surface area contributed by atoms with Crippen LogP contribution < -0.4 is 5.32 Å². The average Bonchev–Trinajstić information content (AvgIpc) is 2.35. The van der Waals surface area contributed by atoms with Crippen LogP contribution in [-0.4, -0.2) is 0 Å². The van der Waals surface area contributed by atoms with E-state index >= 15 is 0 Å². The van der Waals surface area contributed by atoms with Gasteiger partial charge in [-0.05, 0) is 58.6 Å². The van der Waals surface area contributed by atoms with E-state index in [1.165, 1.54) is 16.7 Å². The Morgan fingerprint density at radius 1 is 1.00 bits per heavy atom. The van der Waals surface area contributed by atoms with Crippen LogP contribution in [0.2, 0.25) is 0 Å². The summed E-state index contributed by atoms with van der Waals surface area (Å²) in [6.07, 6.45) is 0. The van der Waals surface area contributed by atoms with Gasteiger partial charge in [-0.1, -0.05) is 40.2 Å². The molecule has 94 valence electrons. The summed E-state index contributed by atoms with van der Waals surface area (Å²) in [7, 11) is 0. The number of rotatable bonds is 3. The van der Waals surface area contributed by atoms with E-state index in [9.17, 15) is 0 Å². The number of aryl methyl sites for hydroxylation is 2. The molecule has 0 radical (unpaired) electrons. The topological polar surface area (TPSA) is 12.0 Å². The molecule has 0 bridgehead atoms. The molecular weight excluding hydrogens is 354 g/mol. The Kier molecular flexibility index (Phi) is 4.46. The number of nitrogens with one attached hydrogen (secondary N) is 1. The highest BCUT2D eigenvalue weighted by atomic mass is 79.9. The van der Waals surface area contributed by atoms with Crippen LogP contribution in [0.4, 0.5) is 5.69 Å². The summed E-state index contributed by atoms with van der Waals surface area (Å²) in [6, 6.07) is 12.7. The second kappa shape index (κ2) is 5.89. The fraction of sp³-hybridized carbons (Fsp3) is 0.200. The first-order chi connectivity index (χ1) is 8.58. The zero-order valence-corrected chi connectivity index (χ0v) is 13.6. The minimum Gasteiger partial charge on any atom is -0.380 e. The predicted octanol–water partition coefficient (Wildman–Crippen LogP) is 5.44. The van der Waals surface area contributed by atoms with Crippen LogP contribution in [0.1, 0.15) is 16.7 Å². The van der Waals surface area contributed by atoms with Crippen LogP contribution in [0.3, 0.4) is 0 Å². The van der Waals surface area contributed by atoms with Gasteiger partial charge in [0.1, 0.15) is 0 Å². The van der Waals surface area contributed by atoms with Gasteiger partial charge in [0.2, 0.25) is 0 Å². The van der Waals surface area contributed by atoms with Crippen LogP contribution in [0.5, 0.6) is 0 Å². The SMILES string of the molecule is Cc1cc(CNc2cccc(C)c2Br)ccc1Br. The fourth-order valence-electron chi connectivity index (χ4n) is 1.80. The van der Waals surface area contributed by atoms with Crippen molar-refractivity contribution in [3.8, 4) is 0 Å². The van der Waals surface area contributed by atoms with Gasteiger partial charge in [0.05, 0.1) is 0 Å². The summed E-state index contributed by atoms with van der Waals surface area (Å²) in [6.45, 7) is 5.03. The van der Waals surface area contributed by atoms with Crippen LogP contribution in [0.25, 0.3) is 0 Å². The highest BCUT2D eigenvalue weighted by Gasteiger charge is 2.02. The average molecular weight is 369 g/mol. The third-order valence-corrected chi connectivity index (χ3v) is 4.84. The summed E-state index contributed by atoms with van der Waals surface area (Å²) in [5.74, 6) is 0. The number of anilines is 1. The van der Waals surface area contributed by atoms with E-state index in [2.05, 4.69) is 87.4 Å². The molecule has 0 saturated carbocycles. The summed E-state index contributed by atoms with van der Waals surface area (Å²) >= 11 is 7.13. The Labute approximate surface area is 125 Å². The number of hydrogen-bond acceptors (Lipinski definition) is 1. The Hall–Kier alpha value is -0.800. The zero-order chi connectivity index (χ0) is 13.1. The van der Waals surface area contributed by atoms with Crippen molar-refractivity contribution in [1.29, 1.82) is 0 Å². The molecule has 0 aliphatic rings. The van der Waals surface area contributed by atoms with Crippen LogP contribution in [-0.2, 0) is 6.54 Å². The Balaban J connectivity index is 2.11. The second-order valence-corrected chi connectivity index (χ2v) is 6.02. The fourth-order valence-corrected chi connectivity index (χ4v) is 2.45. The maximum atomic E-state index is 3.61. The van der Waals surface area contributed by atoms with Crippen molar-refractivity contribution in [2.45, 2.75) is 20.4 Å². The Morgan fingerprint density at radius 3 is 2.50 bits per heavy atom. The summed E-state index contributed by atoms with van der Waals surface area (Å²) in [5, 5.41) is 3.45. The molecule has 3 heteroatoms. The Morgan fingerprint density at radius 2 is 1.78 bits per heavy atom. The van der Waals surface area contributed by atoms with Crippen molar-refractivity contribution in [3.05, 3.63) is 62.0 Å². The maximum absolute atomic E-state index is 3.61. The minimum atomic E-state index is 0.830. The van der Waals surface area contributed by atoms with E-state index < -0.39 is 0 Å². The molecule has 0 atom stereocenters. The molecule has 1 nitrogen and oxygen atoms in total. The van der Waals surface area contributed by atoms with Crippen LogP contribution in [0, 0.1) is 13.8 Å². The van der Waals surface area contributed by atoms with E-state index in [1.807, 2.05) is 0 Å². The van der Waals surface area contributed by atoms with Gasteiger partial charge in [0.15, 0.2) is 0 Å². The van der Waals surface area contributed by atoms with Gasteiger partial charge < -0.3 is 5.32 Å². The first-order valence-corrected chi connectivity index (χ1v) is 7.40. The first-order valence-electron chi connectivity index (χ1n) is 5.82. The van der Waals surface area contributed by atoms with Crippen molar-refractivity contribution in [2.75, 3.05) is 5.32 Å². The van der Waals surface area contributed by atoms with Crippen molar-refractivity contribution in [2.24, 2.45) is 0 Å². The summed E-state index contributed by atoms with van der Waals surface area (Å²) < 4.78 is 2.29. The second-order valence-electron chi connectivity index (χ2n) is 4.37. The predicted molar refractivity (Wildman–Crippen MR) is 85.1 cm³/mol. The molecule has 0 amide bonds. The molecule has 1 N–H and O–H groups in total. The maximum Gasteiger partial charge on any atom is 0.0490 e. The number of hydrogen-bond donors (Lipinski definition) is 1. The van der Waals surface area contributed by atoms with E-state index in [0.29, 0.717) is 0 Å². The molecule has 0 unspecified atom stereocenters. The van der Waals surface area contributed by atoms with Crippen molar-refractivity contribution < 1.29 is 0 Å². The first kappa shape index (κ1) is 13.6. The quantitative estimate of drug-likeness (QED) is 0.760. The smallest absolute Gasteiger partial charge is 0.0490 e. The molecule has 2 aromatic carbocycles. The number of benzene rings is 2. The monoisotopic (exact) mass is 367 g/mol. The van der Waals surface area contributed by atoms with Gasteiger partial charge in [-0.3, -0.25) is 0 Å². The van der Waals surface area contributed by atoms with Gasteiger partial charge >= 0.3 is 0 Å². The van der Waals surface area contributed by atoms with Gasteiger partial charge in [-0.2, -0.15) is 0 Å². The molecule has 0 aliphatic carbocycles. The highest BCUT2D eigenvalue weighted by Crippen LogP contribution is 2.26.